The molecule has 2 heterocycles. The van der Waals surface area contributed by atoms with Crippen LogP contribution in [-0.4, -0.2) is 15.0 Å². The highest BCUT2D eigenvalue weighted by Crippen LogP contribution is 2.19. The SMILES string of the molecule is Clc1ccccc1/C=C/c1nc2ncc(Br)cc2[nH]1. The molecule has 2 aromatic heterocycles. The summed E-state index contributed by atoms with van der Waals surface area (Å²) in [5.41, 5.74) is 2.55. The monoisotopic (exact) mass is 333 g/mol. The van der Waals surface area contributed by atoms with Gasteiger partial charge in [-0.25, -0.2) is 9.97 Å². The van der Waals surface area contributed by atoms with E-state index in [-0.39, 0.29) is 0 Å². The smallest absolute Gasteiger partial charge is 0.178 e. The summed E-state index contributed by atoms with van der Waals surface area (Å²) in [4.78, 5) is 11.8. The van der Waals surface area contributed by atoms with Gasteiger partial charge in [-0.2, -0.15) is 0 Å². The molecule has 19 heavy (non-hydrogen) atoms. The van der Waals surface area contributed by atoms with E-state index in [1.807, 2.05) is 42.5 Å². The molecule has 0 saturated heterocycles. The van der Waals surface area contributed by atoms with E-state index in [0.717, 1.165) is 26.4 Å². The fourth-order valence-electron chi connectivity index (χ4n) is 1.75. The molecule has 3 nitrogen and oxygen atoms in total. The minimum atomic E-state index is 0.696. The summed E-state index contributed by atoms with van der Waals surface area (Å²) in [6, 6.07) is 9.61. The van der Waals surface area contributed by atoms with E-state index in [0.29, 0.717) is 5.65 Å². The van der Waals surface area contributed by atoms with Crippen LogP contribution in [0.4, 0.5) is 0 Å². The van der Waals surface area contributed by atoms with Gasteiger partial charge >= 0.3 is 0 Å². The van der Waals surface area contributed by atoms with Gasteiger partial charge in [0.25, 0.3) is 0 Å². The Morgan fingerprint density at radius 2 is 2.05 bits per heavy atom. The first kappa shape index (κ1) is 12.4. The van der Waals surface area contributed by atoms with E-state index in [9.17, 15) is 0 Å². The molecule has 0 saturated carbocycles. The second kappa shape index (κ2) is 5.15. The Balaban J connectivity index is 1.95. The van der Waals surface area contributed by atoms with Crippen LogP contribution in [0.2, 0.25) is 5.02 Å². The zero-order valence-electron chi connectivity index (χ0n) is 9.77. The van der Waals surface area contributed by atoms with E-state index >= 15 is 0 Å². The molecule has 0 amide bonds. The number of pyridine rings is 1. The van der Waals surface area contributed by atoms with Crippen molar-refractivity contribution >= 4 is 50.8 Å². The minimum absolute atomic E-state index is 0.696. The van der Waals surface area contributed by atoms with Gasteiger partial charge in [0.05, 0.1) is 5.52 Å². The maximum Gasteiger partial charge on any atom is 0.178 e. The van der Waals surface area contributed by atoms with Crippen molar-refractivity contribution in [1.29, 1.82) is 0 Å². The highest BCUT2D eigenvalue weighted by Gasteiger charge is 2.02. The number of H-pyrrole nitrogens is 1. The third-order valence-electron chi connectivity index (χ3n) is 2.65. The van der Waals surface area contributed by atoms with Gasteiger partial charge in [0.2, 0.25) is 0 Å². The first-order valence-corrected chi connectivity index (χ1v) is 6.83. The Morgan fingerprint density at radius 1 is 1.21 bits per heavy atom. The molecule has 0 spiro atoms. The Kier molecular flexibility index (Phi) is 3.36. The molecule has 3 rings (SSSR count). The number of imidazole rings is 1. The number of benzene rings is 1. The summed E-state index contributed by atoms with van der Waals surface area (Å²) >= 11 is 9.47. The maximum atomic E-state index is 6.09. The number of rotatable bonds is 2. The highest BCUT2D eigenvalue weighted by molar-refractivity contribution is 9.10. The Hall–Kier alpha value is -1.65. The summed E-state index contributed by atoms with van der Waals surface area (Å²) < 4.78 is 0.922. The molecule has 0 fully saturated rings. The summed E-state index contributed by atoms with van der Waals surface area (Å²) in [6.45, 7) is 0. The van der Waals surface area contributed by atoms with Gasteiger partial charge in [0.15, 0.2) is 5.65 Å². The molecule has 3 aromatic rings. The molecule has 0 unspecified atom stereocenters. The standard InChI is InChI=1S/C14H9BrClN3/c15-10-7-12-14(17-8-10)19-13(18-12)6-5-9-3-1-2-4-11(9)16/h1-8H,(H,17,18,19)/b6-5+. The summed E-state index contributed by atoms with van der Waals surface area (Å²) in [7, 11) is 0. The normalized spacial score (nSPS) is 11.5. The fraction of sp³-hybridized carbons (Fsp3) is 0. The van der Waals surface area contributed by atoms with Gasteiger partial charge < -0.3 is 4.98 Å². The molecular weight excluding hydrogens is 326 g/mol. The van der Waals surface area contributed by atoms with E-state index < -0.39 is 0 Å². The van der Waals surface area contributed by atoms with Crippen molar-refractivity contribution in [3.05, 3.63) is 57.4 Å². The van der Waals surface area contributed by atoms with Crippen LogP contribution in [0.5, 0.6) is 0 Å². The largest absolute Gasteiger partial charge is 0.337 e. The predicted molar refractivity (Wildman–Crippen MR) is 82.0 cm³/mol. The van der Waals surface area contributed by atoms with Crippen molar-refractivity contribution < 1.29 is 0 Å². The van der Waals surface area contributed by atoms with Gasteiger partial charge in [-0.05, 0) is 45.8 Å². The number of nitrogens with one attached hydrogen (secondary N) is 1. The molecule has 0 aliphatic heterocycles. The Labute approximate surface area is 123 Å². The molecule has 0 aliphatic carbocycles. The number of fused-ring (bicyclic) bond motifs is 1. The number of hydrogen-bond donors (Lipinski definition) is 1. The zero-order chi connectivity index (χ0) is 13.2. The van der Waals surface area contributed by atoms with Gasteiger partial charge in [-0.1, -0.05) is 29.8 Å². The number of hydrogen-bond acceptors (Lipinski definition) is 2. The highest BCUT2D eigenvalue weighted by atomic mass is 79.9. The van der Waals surface area contributed by atoms with Crippen LogP contribution in [0.15, 0.2) is 41.0 Å². The first-order chi connectivity index (χ1) is 9.22. The predicted octanol–water partition coefficient (Wildman–Crippen LogP) is 4.54. The molecule has 1 N–H and O–H groups in total. The average Bonchev–Trinajstić information content (AvgIpc) is 2.79. The van der Waals surface area contributed by atoms with Crippen LogP contribution in [0, 0.1) is 0 Å². The van der Waals surface area contributed by atoms with Crippen LogP contribution in [0.3, 0.4) is 0 Å². The van der Waals surface area contributed by atoms with Gasteiger partial charge in [0.1, 0.15) is 5.82 Å². The van der Waals surface area contributed by atoms with Crippen molar-refractivity contribution in [3.63, 3.8) is 0 Å². The van der Waals surface area contributed by atoms with Crippen LogP contribution in [-0.2, 0) is 0 Å². The van der Waals surface area contributed by atoms with Crippen LogP contribution >= 0.6 is 27.5 Å². The lowest BCUT2D eigenvalue weighted by molar-refractivity contribution is 1.27. The maximum absolute atomic E-state index is 6.09. The van der Waals surface area contributed by atoms with Crippen molar-refractivity contribution in [2.45, 2.75) is 0 Å². The average molecular weight is 335 g/mol. The van der Waals surface area contributed by atoms with E-state index in [2.05, 4.69) is 30.9 Å². The molecule has 94 valence electrons. The van der Waals surface area contributed by atoms with E-state index in [1.165, 1.54) is 0 Å². The fourth-order valence-corrected chi connectivity index (χ4v) is 2.28. The third kappa shape index (κ3) is 2.69. The summed E-state index contributed by atoms with van der Waals surface area (Å²) in [5, 5.41) is 0.718. The van der Waals surface area contributed by atoms with E-state index in [1.54, 1.807) is 6.20 Å². The second-order valence-corrected chi connectivity index (χ2v) is 5.32. The molecule has 5 heteroatoms. The quantitative estimate of drug-likeness (QED) is 0.747. The lowest BCUT2D eigenvalue weighted by Gasteiger charge is -1.95. The molecule has 1 aromatic carbocycles. The topological polar surface area (TPSA) is 41.6 Å². The Morgan fingerprint density at radius 3 is 2.89 bits per heavy atom. The molecule has 0 bridgehead atoms. The number of aromatic amines is 1. The van der Waals surface area contributed by atoms with Gasteiger partial charge in [0, 0.05) is 15.7 Å². The van der Waals surface area contributed by atoms with Crippen LogP contribution in [0.1, 0.15) is 11.4 Å². The molecular formula is C14H9BrClN3. The molecule has 0 radical (unpaired) electrons. The zero-order valence-corrected chi connectivity index (χ0v) is 12.1. The molecule has 0 aliphatic rings. The number of aromatic nitrogens is 3. The lowest BCUT2D eigenvalue weighted by Crippen LogP contribution is -1.76. The van der Waals surface area contributed by atoms with E-state index in [4.69, 9.17) is 11.6 Å². The van der Waals surface area contributed by atoms with Crippen LogP contribution in [0.25, 0.3) is 23.3 Å². The lowest BCUT2D eigenvalue weighted by atomic mass is 10.2. The number of halogens is 2. The molecule has 0 atom stereocenters. The third-order valence-corrected chi connectivity index (χ3v) is 3.43. The summed E-state index contributed by atoms with van der Waals surface area (Å²) in [5.74, 6) is 0.750. The van der Waals surface area contributed by atoms with Gasteiger partial charge in [-0.3, -0.25) is 0 Å². The second-order valence-electron chi connectivity index (χ2n) is 4.00. The minimum Gasteiger partial charge on any atom is -0.337 e. The van der Waals surface area contributed by atoms with Crippen molar-refractivity contribution in [2.24, 2.45) is 0 Å². The number of nitrogens with zero attached hydrogens (tertiary/aromatic N) is 2. The van der Waals surface area contributed by atoms with Crippen molar-refractivity contribution in [1.82, 2.24) is 15.0 Å². The van der Waals surface area contributed by atoms with Gasteiger partial charge in [-0.15, -0.1) is 0 Å². The summed E-state index contributed by atoms with van der Waals surface area (Å²) in [6.07, 6.45) is 5.54. The van der Waals surface area contributed by atoms with Crippen molar-refractivity contribution in [2.75, 3.05) is 0 Å². The van der Waals surface area contributed by atoms with Crippen molar-refractivity contribution in [3.8, 4) is 0 Å². The Bertz CT molecular complexity index is 764. The van der Waals surface area contributed by atoms with Crippen LogP contribution < -0.4 is 0 Å². The first-order valence-electron chi connectivity index (χ1n) is 5.66.